The van der Waals surface area contributed by atoms with Crippen LogP contribution in [0.1, 0.15) is 58.2 Å². The van der Waals surface area contributed by atoms with E-state index in [1.54, 1.807) is 0 Å². The predicted octanol–water partition coefficient (Wildman–Crippen LogP) is 6.07. The molecule has 1 aromatic heterocycles. The first kappa shape index (κ1) is 25.1. The molecule has 0 aliphatic rings. The van der Waals surface area contributed by atoms with Gasteiger partial charge in [-0.05, 0) is 64.8 Å². The highest BCUT2D eigenvalue weighted by molar-refractivity contribution is 5.69. The van der Waals surface area contributed by atoms with E-state index in [9.17, 15) is 4.79 Å². The van der Waals surface area contributed by atoms with E-state index in [1.807, 2.05) is 58.2 Å². The molecule has 0 bridgehead atoms. The Balaban J connectivity index is 1.98. The van der Waals surface area contributed by atoms with Crippen LogP contribution in [0, 0.1) is 6.92 Å². The number of nitrogens with one attached hydrogen (secondary N) is 1. The summed E-state index contributed by atoms with van der Waals surface area (Å²) in [7, 11) is 0. The Morgan fingerprint density at radius 3 is 2.56 bits per heavy atom. The molecule has 1 heterocycles. The summed E-state index contributed by atoms with van der Waals surface area (Å²) >= 11 is 0. The molecule has 0 aliphatic heterocycles. The van der Waals surface area contributed by atoms with Crippen molar-refractivity contribution < 1.29 is 9.53 Å². The van der Waals surface area contributed by atoms with Gasteiger partial charge in [0, 0.05) is 42.6 Å². The lowest BCUT2D eigenvalue weighted by molar-refractivity contribution is -0.147. The summed E-state index contributed by atoms with van der Waals surface area (Å²) in [5.74, 6) is 0.434. The minimum absolute atomic E-state index is 0.0638. The van der Waals surface area contributed by atoms with Crippen molar-refractivity contribution in [2.45, 2.75) is 60.0 Å². The molecule has 1 aromatic carbocycles. The Kier molecular flexibility index (Phi) is 9.92. The molecule has 2 rings (SSSR count). The average Bonchev–Trinajstić information content (AvgIpc) is 2.72. The van der Waals surface area contributed by atoms with Crippen LogP contribution >= 0.6 is 0 Å². The molecule has 32 heavy (non-hydrogen) atoms. The van der Waals surface area contributed by atoms with E-state index in [-0.39, 0.29) is 12.1 Å². The van der Waals surface area contributed by atoms with Crippen molar-refractivity contribution in [3.8, 4) is 0 Å². The van der Waals surface area contributed by atoms with Crippen LogP contribution in [0.5, 0.6) is 0 Å². The van der Waals surface area contributed by atoms with Crippen LogP contribution in [0.4, 0.5) is 17.3 Å². The molecule has 0 fully saturated rings. The number of aryl methyl sites for hydroxylation is 1. The van der Waals surface area contributed by atoms with Gasteiger partial charge in [0.2, 0.25) is 5.95 Å². The molecule has 6 nitrogen and oxygen atoms in total. The van der Waals surface area contributed by atoms with Gasteiger partial charge in [0.1, 0.15) is 0 Å². The second-order valence-electron chi connectivity index (χ2n) is 8.22. The number of esters is 1. The maximum Gasteiger partial charge on any atom is 0.306 e. The Hall–Kier alpha value is -3.15. The van der Waals surface area contributed by atoms with Gasteiger partial charge < -0.3 is 15.0 Å². The third-order valence-corrected chi connectivity index (χ3v) is 4.72. The van der Waals surface area contributed by atoms with E-state index < -0.39 is 0 Å². The topological polar surface area (TPSA) is 67.4 Å². The zero-order valence-corrected chi connectivity index (χ0v) is 20.0. The second-order valence-corrected chi connectivity index (χ2v) is 8.22. The third-order valence-electron chi connectivity index (χ3n) is 4.72. The Morgan fingerprint density at radius 2 is 1.97 bits per heavy atom. The Labute approximate surface area is 192 Å². The van der Waals surface area contributed by atoms with Crippen molar-refractivity contribution >= 4 is 29.4 Å². The molecule has 0 amide bonds. The number of hydrogen-bond donors (Lipinski definition) is 1. The standard InChI is InChI=1S/C26H36N4O2/c1-7-16-30(17-8-9-25(31)32-20(4)5)24-14-12-23(13-15-24)29-26-27-18-22(21(6)28-26)11-10-19(2)3/h10-15,18,20H,2,7-9,16-17H2,1,3-6H3,(H,27,28,29)/b11-10-. The number of rotatable bonds is 12. The van der Waals surface area contributed by atoms with E-state index in [1.165, 1.54) is 0 Å². The molecule has 0 saturated carbocycles. The Bertz CT molecular complexity index is 920. The van der Waals surface area contributed by atoms with Gasteiger partial charge in [-0.3, -0.25) is 4.79 Å². The maximum absolute atomic E-state index is 11.8. The van der Waals surface area contributed by atoms with Crippen LogP contribution in [-0.4, -0.2) is 35.1 Å². The largest absolute Gasteiger partial charge is 0.463 e. The lowest BCUT2D eigenvalue weighted by Gasteiger charge is -2.24. The van der Waals surface area contributed by atoms with E-state index >= 15 is 0 Å². The summed E-state index contributed by atoms with van der Waals surface area (Å²) in [5.41, 5.74) is 4.92. The smallest absolute Gasteiger partial charge is 0.306 e. The van der Waals surface area contributed by atoms with E-state index in [4.69, 9.17) is 4.74 Å². The second kappa shape index (κ2) is 12.6. The minimum Gasteiger partial charge on any atom is -0.463 e. The molecule has 1 N–H and O–H groups in total. The molecule has 0 spiro atoms. The fourth-order valence-electron chi connectivity index (χ4n) is 3.19. The highest BCUT2D eigenvalue weighted by Crippen LogP contribution is 2.21. The van der Waals surface area contributed by atoms with E-state index in [0.717, 1.165) is 54.1 Å². The molecular formula is C26H36N4O2. The first-order valence-corrected chi connectivity index (χ1v) is 11.3. The number of hydrogen-bond acceptors (Lipinski definition) is 6. The summed E-state index contributed by atoms with van der Waals surface area (Å²) in [6, 6.07) is 8.22. The molecule has 172 valence electrons. The van der Waals surface area contributed by atoms with Crippen molar-refractivity contribution in [2.24, 2.45) is 0 Å². The van der Waals surface area contributed by atoms with Crippen molar-refractivity contribution in [1.29, 1.82) is 0 Å². The van der Waals surface area contributed by atoms with Crippen LogP contribution in [0.25, 0.3) is 6.08 Å². The number of ether oxygens (including phenoxy) is 1. The SMILES string of the molecule is C=C(C)/C=C\c1cnc(Nc2ccc(N(CCC)CCCC(=O)OC(C)C)cc2)nc1C. The molecule has 0 saturated heterocycles. The van der Waals surface area contributed by atoms with Crippen LogP contribution in [0.3, 0.4) is 0 Å². The van der Waals surface area contributed by atoms with Crippen LogP contribution in [-0.2, 0) is 9.53 Å². The zero-order chi connectivity index (χ0) is 23.5. The number of carbonyl (C=O) groups excluding carboxylic acids is 1. The van der Waals surface area contributed by atoms with E-state index in [2.05, 4.69) is 45.8 Å². The normalized spacial score (nSPS) is 11.1. The van der Waals surface area contributed by atoms with Gasteiger partial charge >= 0.3 is 5.97 Å². The van der Waals surface area contributed by atoms with Gasteiger partial charge in [0.05, 0.1) is 11.8 Å². The van der Waals surface area contributed by atoms with Gasteiger partial charge in [0.15, 0.2) is 0 Å². The Morgan fingerprint density at radius 1 is 1.25 bits per heavy atom. The lowest BCUT2D eigenvalue weighted by Crippen LogP contribution is -2.26. The van der Waals surface area contributed by atoms with Crippen molar-refractivity contribution in [3.05, 3.63) is 59.9 Å². The van der Waals surface area contributed by atoms with Crippen molar-refractivity contribution in [2.75, 3.05) is 23.3 Å². The molecular weight excluding hydrogens is 400 g/mol. The summed E-state index contributed by atoms with van der Waals surface area (Å²) in [5, 5.41) is 3.27. The quantitative estimate of drug-likeness (QED) is 0.322. The molecule has 2 aromatic rings. The third kappa shape index (κ3) is 8.53. The van der Waals surface area contributed by atoms with Crippen molar-refractivity contribution in [1.82, 2.24) is 9.97 Å². The van der Waals surface area contributed by atoms with Crippen molar-refractivity contribution in [3.63, 3.8) is 0 Å². The minimum atomic E-state index is -0.132. The first-order valence-electron chi connectivity index (χ1n) is 11.3. The number of anilines is 3. The molecule has 0 unspecified atom stereocenters. The van der Waals surface area contributed by atoms with Gasteiger partial charge in [-0.1, -0.05) is 31.2 Å². The highest BCUT2D eigenvalue weighted by atomic mass is 16.5. The highest BCUT2D eigenvalue weighted by Gasteiger charge is 2.10. The molecule has 6 heteroatoms. The van der Waals surface area contributed by atoms with Crippen LogP contribution in [0.2, 0.25) is 0 Å². The fourth-order valence-corrected chi connectivity index (χ4v) is 3.19. The van der Waals surface area contributed by atoms with Gasteiger partial charge in [-0.25, -0.2) is 9.97 Å². The van der Waals surface area contributed by atoms with E-state index in [0.29, 0.717) is 12.4 Å². The van der Waals surface area contributed by atoms with Gasteiger partial charge in [0.25, 0.3) is 0 Å². The predicted molar refractivity (Wildman–Crippen MR) is 133 cm³/mol. The number of nitrogens with zero attached hydrogens (tertiary/aromatic N) is 3. The molecule has 0 atom stereocenters. The van der Waals surface area contributed by atoms with Gasteiger partial charge in [-0.15, -0.1) is 0 Å². The molecule has 0 radical (unpaired) electrons. The van der Waals surface area contributed by atoms with Gasteiger partial charge in [-0.2, -0.15) is 0 Å². The monoisotopic (exact) mass is 436 g/mol. The summed E-state index contributed by atoms with van der Waals surface area (Å²) < 4.78 is 5.22. The number of aromatic nitrogens is 2. The lowest BCUT2D eigenvalue weighted by atomic mass is 10.2. The fraction of sp³-hybridized carbons (Fsp3) is 0.423. The average molecular weight is 437 g/mol. The summed E-state index contributed by atoms with van der Waals surface area (Å²) in [6.07, 6.45) is 7.91. The summed E-state index contributed by atoms with van der Waals surface area (Å²) in [4.78, 5) is 23.1. The maximum atomic E-state index is 11.8. The zero-order valence-electron chi connectivity index (χ0n) is 20.0. The molecule has 0 aliphatic carbocycles. The van der Waals surface area contributed by atoms with Crippen LogP contribution in [0.15, 0.2) is 48.7 Å². The number of benzene rings is 1. The van der Waals surface area contributed by atoms with Crippen LogP contribution < -0.4 is 10.2 Å². The number of allylic oxidation sites excluding steroid dienone is 2. The first-order chi connectivity index (χ1) is 15.3. The number of carbonyl (C=O) groups is 1. The summed E-state index contributed by atoms with van der Waals surface area (Å²) in [6.45, 7) is 15.5.